The summed E-state index contributed by atoms with van der Waals surface area (Å²) in [4.78, 5) is 13.6. The van der Waals surface area contributed by atoms with E-state index < -0.39 is 6.23 Å². The van der Waals surface area contributed by atoms with Crippen LogP contribution >= 0.6 is 0 Å². The number of methoxy groups -OCH3 is 2. The van der Waals surface area contributed by atoms with Crippen LogP contribution in [0.1, 0.15) is 5.56 Å². The van der Waals surface area contributed by atoms with Crippen LogP contribution in [0.15, 0.2) is 29.3 Å². The molecule has 0 amide bonds. The van der Waals surface area contributed by atoms with Crippen molar-refractivity contribution in [2.45, 2.75) is 12.6 Å². The van der Waals surface area contributed by atoms with Crippen LogP contribution < -0.4 is 4.74 Å². The average Bonchev–Trinajstić information content (AvgIpc) is 2.29. The molecule has 0 bridgehead atoms. The molecule has 0 aliphatic carbocycles. The normalized spacial score (nSPS) is 11.6. The first kappa shape index (κ1) is 11.4. The Hall–Kier alpha value is -1.64. The molecule has 1 unspecified atom stereocenters. The van der Waals surface area contributed by atoms with E-state index in [0.717, 1.165) is 11.3 Å². The molecule has 15 heavy (non-hydrogen) atoms. The highest BCUT2D eigenvalue weighted by Crippen LogP contribution is 2.14. The first-order valence-corrected chi connectivity index (χ1v) is 4.53. The van der Waals surface area contributed by atoms with Gasteiger partial charge in [0.1, 0.15) is 5.75 Å². The lowest BCUT2D eigenvalue weighted by molar-refractivity contribution is 0.111. The Morgan fingerprint density at radius 1 is 1.47 bits per heavy atom. The van der Waals surface area contributed by atoms with Gasteiger partial charge in [-0.15, -0.1) is 0 Å². The van der Waals surface area contributed by atoms with Gasteiger partial charge in [-0.3, -0.25) is 0 Å². The van der Waals surface area contributed by atoms with E-state index in [1.807, 2.05) is 24.3 Å². The van der Waals surface area contributed by atoms with E-state index in [-0.39, 0.29) is 0 Å². The van der Waals surface area contributed by atoms with E-state index in [2.05, 4.69) is 4.99 Å². The molecule has 0 spiro atoms. The van der Waals surface area contributed by atoms with Crippen molar-refractivity contribution in [3.63, 3.8) is 0 Å². The molecule has 1 aromatic carbocycles. The molecule has 0 saturated carbocycles. The molecule has 0 aliphatic heterocycles. The third-order valence-corrected chi connectivity index (χ3v) is 2.01. The second kappa shape index (κ2) is 5.96. The maximum absolute atomic E-state index is 10.1. The number of rotatable bonds is 5. The second-order valence-electron chi connectivity index (χ2n) is 2.97. The van der Waals surface area contributed by atoms with Gasteiger partial charge in [-0.2, -0.15) is 4.99 Å². The van der Waals surface area contributed by atoms with Crippen molar-refractivity contribution in [2.75, 3.05) is 14.2 Å². The molecule has 0 heterocycles. The molecule has 0 fully saturated rings. The van der Waals surface area contributed by atoms with Gasteiger partial charge in [0.2, 0.25) is 6.08 Å². The van der Waals surface area contributed by atoms with Crippen molar-refractivity contribution >= 4 is 6.08 Å². The van der Waals surface area contributed by atoms with Crippen LogP contribution in [0.4, 0.5) is 0 Å². The summed E-state index contributed by atoms with van der Waals surface area (Å²) in [6.07, 6.45) is 1.54. The van der Waals surface area contributed by atoms with E-state index in [1.54, 1.807) is 7.11 Å². The van der Waals surface area contributed by atoms with Crippen molar-refractivity contribution in [1.29, 1.82) is 0 Å². The highest BCUT2D eigenvalue weighted by atomic mass is 16.5. The maximum atomic E-state index is 10.1. The molecule has 0 radical (unpaired) electrons. The van der Waals surface area contributed by atoms with Crippen LogP contribution in [0.25, 0.3) is 0 Å². The van der Waals surface area contributed by atoms with Gasteiger partial charge >= 0.3 is 0 Å². The van der Waals surface area contributed by atoms with Gasteiger partial charge in [-0.1, -0.05) is 12.1 Å². The largest absolute Gasteiger partial charge is 0.497 e. The van der Waals surface area contributed by atoms with Crippen LogP contribution in [-0.4, -0.2) is 26.5 Å². The smallest absolute Gasteiger partial charge is 0.237 e. The van der Waals surface area contributed by atoms with Gasteiger partial charge in [0, 0.05) is 13.5 Å². The Labute approximate surface area is 88.5 Å². The van der Waals surface area contributed by atoms with Crippen LogP contribution in [0.5, 0.6) is 5.75 Å². The summed E-state index contributed by atoms with van der Waals surface area (Å²) in [5.41, 5.74) is 1.00. The van der Waals surface area contributed by atoms with Crippen molar-refractivity contribution < 1.29 is 14.3 Å². The lowest BCUT2D eigenvalue weighted by Gasteiger charge is -2.09. The third-order valence-electron chi connectivity index (χ3n) is 2.01. The monoisotopic (exact) mass is 207 g/mol. The zero-order valence-corrected chi connectivity index (χ0v) is 8.77. The summed E-state index contributed by atoms with van der Waals surface area (Å²) in [6.45, 7) is 0. The van der Waals surface area contributed by atoms with Crippen LogP contribution in [0.3, 0.4) is 0 Å². The molecule has 1 rings (SSSR count). The van der Waals surface area contributed by atoms with E-state index in [1.165, 1.54) is 13.2 Å². The fourth-order valence-electron chi connectivity index (χ4n) is 1.24. The van der Waals surface area contributed by atoms with Crippen molar-refractivity contribution in [3.8, 4) is 5.75 Å². The summed E-state index contributed by atoms with van der Waals surface area (Å²) >= 11 is 0. The van der Waals surface area contributed by atoms with Crippen molar-refractivity contribution in [3.05, 3.63) is 29.8 Å². The molecule has 0 aliphatic rings. The highest BCUT2D eigenvalue weighted by Gasteiger charge is 2.06. The number of benzene rings is 1. The zero-order chi connectivity index (χ0) is 11.1. The standard InChI is InChI=1S/C11H13NO3/c1-14-10-5-3-4-9(6-10)7-11(15-2)12-8-13/h3-6,11H,7H2,1-2H3. The Balaban J connectivity index is 2.73. The summed E-state index contributed by atoms with van der Waals surface area (Å²) in [5, 5.41) is 0. The topological polar surface area (TPSA) is 47.9 Å². The minimum absolute atomic E-state index is 0.477. The molecule has 0 N–H and O–H groups in total. The van der Waals surface area contributed by atoms with Gasteiger partial charge in [-0.05, 0) is 17.7 Å². The SMILES string of the molecule is COc1cccc(CC(N=C=O)OC)c1. The van der Waals surface area contributed by atoms with Gasteiger partial charge in [0.15, 0.2) is 6.23 Å². The highest BCUT2D eigenvalue weighted by molar-refractivity contribution is 5.34. The first-order chi connectivity index (χ1) is 7.30. The van der Waals surface area contributed by atoms with Crippen LogP contribution in [-0.2, 0) is 16.0 Å². The molecule has 4 nitrogen and oxygen atoms in total. The molecule has 4 heteroatoms. The summed E-state index contributed by atoms with van der Waals surface area (Å²) in [5.74, 6) is 0.775. The number of hydrogen-bond donors (Lipinski definition) is 0. The average molecular weight is 207 g/mol. The Kier molecular flexibility index (Phi) is 4.54. The fourth-order valence-corrected chi connectivity index (χ4v) is 1.24. The molecule has 80 valence electrons. The lowest BCUT2D eigenvalue weighted by Crippen LogP contribution is -2.10. The quantitative estimate of drug-likeness (QED) is 0.543. The maximum Gasteiger partial charge on any atom is 0.237 e. The van der Waals surface area contributed by atoms with E-state index in [4.69, 9.17) is 9.47 Å². The summed E-state index contributed by atoms with van der Waals surface area (Å²) < 4.78 is 10.1. The molecular formula is C11H13NO3. The van der Waals surface area contributed by atoms with Crippen LogP contribution in [0, 0.1) is 0 Å². The predicted octanol–water partition coefficient (Wildman–Crippen LogP) is 1.55. The van der Waals surface area contributed by atoms with Crippen LogP contribution in [0.2, 0.25) is 0 Å². The second-order valence-corrected chi connectivity index (χ2v) is 2.97. The minimum atomic E-state index is -0.477. The Bertz CT molecular complexity index is 359. The summed E-state index contributed by atoms with van der Waals surface area (Å²) in [7, 11) is 3.11. The van der Waals surface area contributed by atoms with Gasteiger partial charge in [0.05, 0.1) is 7.11 Å². The minimum Gasteiger partial charge on any atom is -0.497 e. The molecule has 0 saturated heterocycles. The molecule has 1 aromatic rings. The van der Waals surface area contributed by atoms with Gasteiger partial charge in [-0.25, -0.2) is 4.79 Å². The predicted molar refractivity (Wildman–Crippen MR) is 55.6 cm³/mol. The van der Waals surface area contributed by atoms with Crippen molar-refractivity contribution in [2.24, 2.45) is 4.99 Å². The Morgan fingerprint density at radius 3 is 2.87 bits per heavy atom. The number of aliphatic imine (C=N–C) groups is 1. The number of hydrogen-bond acceptors (Lipinski definition) is 4. The third kappa shape index (κ3) is 3.54. The molecule has 1 atom stereocenters. The first-order valence-electron chi connectivity index (χ1n) is 4.53. The number of isocyanates is 1. The van der Waals surface area contributed by atoms with E-state index in [9.17, 15) is 4.79 Å². The zero-order valence-electron chi connectivity index (χ0n) is 8.77. The lowest BCUT2D eigenvalue weighted by atomic mass is 10.1. The Morgan fingerprint density at radius 2 is 2.27 bits per heavy atom. The van der Waals surface area contributed by atoms with E-state index >= 15 is 0 Å². The fraction of sp³-hybridized carbons (Fsp3) is 0.364. The molecular weight excluding hydrogens is 194 g/mol. The van der Waals surface area contributed by atoms with Gasteiger partial charge in [0.25, 0.3) is 0 Å². The van der Waals surface area contributed by atoms with E-state index in [0.29, 0.717) is 6.42 Å². The number of nitrogens with zero attached hydrogens (tertiary/aromatic N) is 1. The summed E-state index contributed by atoms with van der Waals surface area (Å²) in [6, 6.07) is 7.54. The molecule has 0 aromatic heterocycles. The number of ether oxygens (including phenoxy) is 2. The number of carbonyl (C=O) groups excluding carboxylic acids is 1. The van der Waals surface area contributed by atoms with Crippen molar-refractivity contribution in [1.82, 2.24) is 0 Å². The van der Waals surface area contributed by atoms with Gasteiger partial charge < -0.3 is 9.47 Å².